The number of hydrogen-bond acceptors (Lipinski definition) is 3. The lowest BCUT2D eigenvalue weighted by atomic mass is 10.2. The van der Waals surface area contributed by atoms with Crippen molar-refractivity contribution in [1.29, 1.82) is 0 Å². The van der Waals surface area contributed by atoms with Gasteiger partial charge in [-0.25, -0.2) is 0 Å². The Morgan fingerprint density at radius 2 is 2.15 bits per heavy atom. The van der Waals surface area contributed by atoms with Crippen LogP contribution in [0, 0.1) is 0 Å². The largest absolute Gasteiger partial charge is 0.370 e. The molecule has 0 rings (SSSR count). The quantitative estimate of drug-likeness (QED) is 0.529. The first-order valence-electron chi connectivity index (χ1n) is 3.88. The zero-order valence-corrected chi connectivity index (χ0v) is 7.69. The number of rotatable bonds is 5. The zero-order valence-electron chi connectivity index (χ0n) is 7.69. The van der Waals surface area contributed by atoms with Gasteiger partial charge in [-0.2, -0.15) is 0 Å². The Labute approximate surface area is 77.4 Å². The van der Waals surface area contributed by atoms with Crippen LogP contribution >= 0.6 is 0 Å². The molecule has 5 heteroatoms. The molecule has 4 N–H and O–H groups in total. The molecule has 0 aliphatic carbocycles. The Kier molecular flexibility index (Phi) is 4.76. The van der Waals surface area contributed by atoms with Crippen molar-refractivity contribution in [2.45, 2.75) is 12.5 Å². The smallest absolute Gasteiger partial charge is 0.240 e. The van der Waals surface area contributed by atoms with Gasteiger partial charge in [0, 0.05) is 13.6 Å². The highest BCUT2D eigenvalue weighted by Gasteiger charge is 2.18. The van der Waals surface area contributed by atoms with Gasteiger partial charge in [0.2, 0.25) is 11.8 Å². The van der Waals surface area contributed by atoms with Crippen molar-refractivity contribution in [3.63, 3.8) is 0 Å². The zero-order chi connectivity index (χ0) is 10.4. The molecule has 0 aromatic carbocycles. The summed E-state index contributed by atoms with van der Waals surface area (Å²) in [5.74, 6) is -0.883. The van der Waals surface area contributed by atoms with Crippen LogP contribution in [0.3, 0.4) is 0 Å². The molecule has 0 aliphatic heterocycles. The number of carbonyl (C=O) groups excluding carboxylic acids is 2. The number of carbonyl (C=O) groups is 2. The third kappa shape index (κ3) is 4.27. The van der Waals surface area contributed by atoms with Crippen molar-refractivity contribution >= 4 is 11.8 Å². The molecule has 13 heavy (non-hydrogen) atoms. The maximum absolute atomic E-state index is 11.3. The Hall–Kier alpha value is -1.36. The summed E-state index contributed by atoms with van der Waals surface area (Å²) in [4.78, 5) is 23.1. The van der Waals surface area contributed by atoms with E-state index in [-0.39, 0.29) is 12.3 Å². The second-order valence-electron chi connectivity index (χ2n) is 2.78. The van der Waals surface area contributed by atoms with E-state index in [0.29, 0.717) is 6.54 Å². The van der Waals surface area contributed by atoms with Gasteiger partial charge in [-0.1, -0.05) is 6.08 Å². The van der Waals surface area contributed by atoms with Crippen LogP contribution in [0.4, 0.5) is 0 Å². The summed E-state index contributed by atoms with van der Waals surface area (Å²) in [6.07, 6.45) is 1.45. The highest BCUT2D eigenvalue weighted by Crippen LogP contribution is 1.94. The van der Waals surface area contributed by atoms with Crippen molar-refractivity contribution < 1.29 is 9.59 Å². The van der Waals surface area contributed by atoms with E-state index in [1.807, 2.05) is 0 Å². The lowest BCUT2D eigenvalue weighted by Crippen LogP contribution is -2.43. The number of likely N-dealkylation sites (N-methyl/N-ethyl adjacent to an activating group) is 1. The summed E-state index contributed by atoms with van der Waals surface area (Å²) in [7, 11) is 1.59. The standard InChI is InChI=1S/C8H15N3O2/c1-3-4-11(2)8(13)6(9)5-7(10)12/h3,6H,1,4-5,9H2,2H3,(H2,10,12). The van der Waals surface area contributed by atoms with Gasteiger partial charge in [0.25, 0.3) is 0 Å². The summed E-state index contributed by atoms with van der Waals surface area (Å²) in [6, 6.07) is -0.845. The molecule has 0 bridgehead atoms. The summed E-state index contributed by atoms with van der Waals surface area (Å²) in [6.45, 7) is 3.89. The van der Waals surface area contributed by atoms with Crippen LogP contribution in [-0.4, -0.2) is 36.3 Å². The molecule has 1 unspecified atom stereocenters. The third-order valence-corrected chi connectivity index (χ3v) is 1.52. The number of amides is 2. The topological polar surface area (TPSA) is 89.4 Å². The minimum absolute atomic E-state index is 0.125. The van der Waals surface area contributed by atoms with Crippen molar-refractivity contribution in [3.05, 3.63) is 12.7 Å². The van der Waals surface area contributed by atoms with Crippen molar-refractivity contribution in [2.24, 2.45) is 11.5 Å². The minimum Gasteiger partial charge on any atom is -0.370 e. The fourth-order valence-corrected chi connectivity index (χ4v) is 0.871. The van der Waals surface area contributed by atoms with Gasteiger partial charge in [0.05, 0.1) is 12.5 Å². The van der Waals surface area contributed by atoms with Crippen molar-refractivity contribution in [1.82, 2.24) is 4.90 Å². The van der Waals surface area contributed by atoms with E-state index in [9.17, 15) is 9.59 Å². The maximum Gasteiger partial charge on any atom is 0.240 e. The molecule has 1 atom stereocenters. The Balaban J connectivity index is 4.08. The lowest BCUT2D eigenvalue weighted by Gasteiger charge is -2.18. The van der Waals surface area contributed by atoms with Gasteiger partial charge in [0.1, 0.15) is 0 Å². The van der Waals surface area contributed by atoms with Crippen molar-refractivity contribution in [3.8, 4) is 0 Å². The number of hydrogen-bond donors (Lipinski definition) is 2. The van der Waals surface area contributed by atoms with E-state index >= 15 is 0 Å². The van der Waals surface area contributed by atoms with Crippen LogP contribution in [0.2, 0.25) is 0 Å². The highest BCUT2D eigenvalue weighted by atomic mass is 16.2. The number of nitrogens with two attached hydrogens (primary N) is 2. The van der Waals surface area contributed by atoms with E-state index in [0.717, 1.165) is 0 Å². The number of primary amides is 1. The van der Waals surface area contributed by atoms with Gasteiger partial charge >= 0.3 is 0 Å². The van der Waals surface area contributed by atoms with Gasteiger partial charge < -0.3 is 16.4 Å². The predicted octanol–water partition coefficient (Wildman–Crippen LogP) is -1.17. The molecule has 0 aliphatic rings. The molecule has 0 saturated carbocycles. The van der Waals surface area contributed by atoms with Gasteiger partial charge in [-0.3, -0.25) is 9.59 Å². The van der Waals surface area contributed by atoms with E-state index in [1.54, 1.807) is 13.1 Å². The van der Waals surface area contributed by atoms with Gasteiger partial charge in [-0.15, -0.1) is 6.58 Å². The van der Waals surface area contributed by atoms with E-state index in [4.69, 9.17) is 11.5 Å². The van der Waals surface area contributed by atoms with Gasteiger partial charge in [0.15, 0.2) is 0 Å². The maximum atomic E-state index is 11.3. The van der Waals surface area contributed by atoms with E-state index < -0.39 is 11.9 Å². The molecule has 0 radical (unpaired) electrons. The SMILES string of the molecule is C=CCN(C)C(=O)C(N)CC(N)=O. The molecule has 0 heterocycles. The van der Waals surface area contributed by atoms with E-state index in [1.165, 1.54) is 4.90 Å². The first-order valence-corrected chi connectivity index (χ1v) is 3.88. The summed E-state index contributed by atoms with van der Waals surface area (Å²) >= 11 is 0. The molecule has 0 aromatic rings. The first-order chi connectivity index (χ1) is 5.99. The molecule has 0 saturated heterocycles. The minimum atomic E-state index is -0.845. The molecule has 74 valence electrons. The van der Waals surface area contributed by atoms with Crippen LogP contribution in [0.25, 0.3) is 0 Å². The van der Waals surface area contributed by atoms with Crippen LogP contribution in [0.1, 0.15) is 6.42 Å². The second kappa shape index (κ2) is 5.31. The summed E-state index contributed by atoms with van der Waals surface area (Å²) in [5.41, 5.74) is 10.3. The van der Waals surface area contributed by atoms with Crippen LogP contribution in [0.5, 0.6) is 0 Å². The van der Waals surface area contributed by atoms with Crippen molar-refractivity contribution in [2.75, 3.05) is 13.6 Å². The highest BCUT2D eigenvalue weighted by molar-refractivity contribution is 5.87. The molecular weight excluding hydrogens is 170 g/mol. The van der Waals surface area contributed by atoms with Crippen LogP contribution < -0.4 is 11.5 Å². The fraction of sp³-hybridized carbons (Fsp3) is 0.500. The molecule has 0 spiro atoms. The average Bonchev–Trinajstić information content (AvgIpc) is 2.02. The van der Waals surface area contributed by atoms with Crippen LogP contribution in [0.15, 0.2) is 12.7 Å². The summed E-state index contributed by atoms with van der Waals surface area (Å²) in [5, 5.41) is 0. The fourth-order valence-electron chi connectivity index (χ4n) is 0.871. The molecule has 0 aromatic heterocycles. The molecular formula is C8H15N3O2. The Bertz CT molecular complexity index is 215. The Morgan fingerprint density at radius 3 is 2.54 bits per heavy atom. The monoisotopic (exact) mass is 185 g/mol. The Morgan fingerprint density at radius 1 is 1.62 bits per heavy atom. The molecule has 5 nitrogen and oxygen atoms in total. The third-order valence-electron chi connectivity index (χ3n) is 1.52. The molecule has 0 fully saturated rings. The van der Waals surface area contributed by atoms with Gasteiger partial charge in [-0.05, 0) is 0 Å². The molecule has 2 amide bonds. The summed E-state index contributed by atoms with van der Waals surface area (Å²) < 4.78 is 0. The number of nitrogens with zero attached hydrogens (tertiary/aromatic N) is 1. The van der Waals surface area contributed by atoms with Crippen LogP contribution in [-0.2, 0) is 9.59 Å². The van der Waals surface area contributed by atoms with E-state index in [2.05, 4.69) is 6.58 Å². The lowest BCUT2D eigenvalue weighted by molar-refractivity contribution is -0.133. The first kappa shape index (κ1) is 11.6. The predicted molar refractivity (Wildman–Crippen MR) is 49.6 cm³/mol. The average molecular weight is 185 g/mol. The second-order valence-corrected chi connectivity index (χ2v) is 2.78. The normalized spacial score (nSPS) is 11.8.